The second-order valence-corrected chi connectivity index (χ2v) is 5.30. The highest BCUT2D eigenvalue weighted by Gasteiger charge is 2.15. The minimum atomic E-state index is -0.295. The van der Waals surface area contributed by atoms with Gasteiger partial charge in [0.1, 0.15) is 0 Å². The molecule has 0 radical (unpaired) electrons. The number of ether oxygens (including phenoxy) is 1. The summed E-state index contributed by atoms with van der Waals surface area (Å²) < 4.78 is 5.05. The van der Waals surface area contributed by atoms with Crippen molar-refractivity contribution in [3.05, 3.63) is 23.8 Å². The number of anilines is 1. The predicted octanol–water partition coefficient (Wildman–Crippen LogP) is 3.58. The summed E-state index contributed by atoms with van der Waals surface area (Å²) in [7, 11) is 0. The first-order valence-electron chi connectivity index (χ1n) is 6.28. The van der Waals surface area contributed by atoms with Crippen molar-refractivity contribution in [3.63, 3.8) is 0 Å². The summed E-state index contributed by atoms with van der Waals surface area (Å²) >= 11 is 1.63. The van der Waals surface area contributed by atoms with Crippen LogP contribution in [0.25, 0.3) is 0 Å². The molecule has 1 aromatic rings. The highest BCUT2D eigenvalue weighted by Crippen LogP contribution is 2.31. The number of nitrogen functional groups attached to an aromatic ring is 1. The van der Waals surface area contributed by atoms with Crippen molar-refractivity contribution < 1.29 is 9.53 Å². The second-order valence-electron chi connectivity index (χ2n) is 4.27. The van der Waals surface area contributed by atoms with Crippen molar-refractivity contribution in [1.29, 1.82) is 0 Å². The summed E-state index contributed by atoms with van der Waals surface area (Å²) in [6.45, 7) is 6.53. The van der Waals surface area contributed by atoms with Crippen LogP contribution in [0.5, 0.6) is 0 Å². The Morgan fingerprint density at radius 2 is 2.17 bits per heavy atom. The van der Waals surface area contributed by atoms with Gasteiger partial charge >= 0.3 is 5.97 Å². The van der Waals surface area contributed by atoms with Crippen molar-refractivity contribution in [2.45, 2.75) is 32.1 Å². The van der Waals surface area contributed by atoms with Gasteiger partial charge in [-0.2, -0.15) is 0 Å². The van der Waals surface area contributed by atoms with Gasteiger partial charge < -0.3 is 10.5 Å². The number of rotatable bonds is 6. The number of esters is 1. The SMILES string of the molecule is CCOC(=O)c1cccc(N)c1SCC(C)CC. The van der Waals surface area contributed by atoms with Crippen LogP contribution in [-0.4, -0.2) is 18.3 Å². The van der Waals surface area contributed by atoms with Gasteiger partial charge in [0.25, 0.3) is 0 Å². The molecule has 0 aliphatic heterocycles. The lowest BCUT2D eigenvalue weighted by Crippen LogP contribution is -2.08. The zero-order chi connectivity index (χ0) is 13.5. The molecule has 0 spiro atoms. The average Bonchev–Trinajstić information content (AvgIpc) is 2.36. The van der Waals surface area contributed by atoms with Crippen molar-refractivity contribution >= 4 is 23.4 Å². The molecule has 0 fully saturated rings. The minimum absolute atomic E-state index is 0.295. The third-order valence-electron chi connectivity index (χ3n) is 2.75. The molecule has 0 heterocycles. The molecule has 2 N–H and O–H groups in total. The monoisotopic (exact) mass is 267 g/mol. The molecule has 1 atom stereocenters. The topological polar surface area (TPSA) is 52.3 Å². The maximum absolute atomic E-state index is 11.8. The fraction of sp³-hybridized carbons (Fsp3) is 0.500. The van der Waals surface area contributed by atoms with Gasteiger partial charge in [0.05, 0.1) is 12.2 Å². The van der Waals surface area contributed by atoms with E-state index in [0.717, 1.165) is 17.1 Å². The molecule has 1 rings (SSSR count). The lowest BCUT2D eigenvalue weighted by Gasteiger charge is -2.13. The molecule has 0 aliphatic carbocycles. The first-order chi connectivity index (χ1) is 8.60. The van der Waals surface area contributed by atoms with Gasteiger partial charge in [-0.1, -0.05) is 26.3 Å². The number of carbonyl (C=O) groups excluding carboxylic acids is 1. The van der Waals surface area contributed by atoms with Gasteiger partial charge in [-0.25, -0.2) is 4.79 Å². The van der Waals surface area contributed by atoms with E-state index in [1.54, 1.807) is 30.8 Å². The van der Waals surface area contributed by atoms with Crippen molar-refractivity contribution in [2.75, 3.05) is 18.1 Å². The fourth-order valence-electron chi connectivity index (χ4n) is 1.43. The number of nitrogens with two attached hydrogens (primary N) is 1. The molecular formula is C14H21NO2S. The quantitative estimate of drug-likeness (QED) is 0.486. The number of thioether (sulfide) groups is 1. The lowest BCUT2D eigenvalue weighted by atomic mass is 10.2. The van der Waals surface area contributed by atoms with Crippen LogP contribution in [0, 0.1) is 5.92 Å². The first kappa shape index (κ1) is 14.9. The molecule has 0 bridgehead atoms. The molecule has 18 heavy (non-hydrogen) atoms. The highest BCUT2D eigenvalue weighted by atomic mass is 32.2. The van der Waals surface area contributed by atoms with Crippen LogP contribution >= 0.6 is 11.8 Å². The van der Waals surface area contributed by atoms with Gasteiger partial charge in [0.2, 0.25) is 0 Å². The Morgan fingerprint density at radius 3 is 2.78 bits per heavy atom. The lowest BCUT2D eigenvalue weighted by molar-refractivity contribution is 0.0522. The van der Waals surface area contributed by atoms with Gasteiger partial charge in [-0.05, 0) is 25.0 Å². The zero-order valence-corrected chi connectivity index (χ0v) is 12.0. The van der Waals surface area contributed by atoms with Crippen LogP contribution in [0.1, 0.15) is 37.6 Å². The molecule has 100 valence electrons. The van der Waals surface area contributed by atoms with Crippen LogP contribution in [0.15, 0.2) is 23.1 Å². The molecule has 0 saturated heterocycles. The fourth-order valence-corrected chi connectivity index (χ4v) is 2.66. The number of hydrogen-bond acceptors (Lipinski definition) is 4. The Bertz CT molecular complexity index is 407. The summed E-state index contributed by atoms with van der Waals surface area (Å²) in [6, 6.07) is 5.38. The number of hydrogen-bond donors (Lipinski definition) is 1. The number of benzene rings is 1. The summed E-state index contributed by atoms with van der Waals surface area (Å²) in [5, 5.41) is 0. The van der Waals surface area contributed by atoms with E-state index in [9.17, 15) is 4.79 Å². The molecule has 1 aromatic carbocycles. The largest absolute Gasteiger partial charge is 0.462 e. The van der Waals surface area contributed by atoms with Crippen LogP contribution < -0.4 is 5.73 Å². The van der Waals surface area contributed by atoms with E-state index in [1.807, 2.05) is 6.07 Å². The number of carbonyl (C=O) groups is 1. The Morgan fingerprint density at radius 1 is 1.44 bits per heavy atom. The minimum Gasteiger partial charge on any atom is -0.462 e. The summed E-state index contributed by atoms with van der Waals surface area (Å²) in [4.78, 5) is 12.7. The summed E-state index contributed by atoms with van der Waals surface area (Å²) in [5.74, 6) is 1.26. The van der Waals surface area contributed by atoms with E-state index in [4.69, 9.17) is 10.5 Å². The van der Waals surface area contributed by atoms with E-state index < -0.39 is 0 Å². The Balaban J connectivity index is 2.90. The Hall–Kier alpha value is -1.16. The molecular weight excluding hydrogens is 246 g/mol. The summed E-state index contributed by atoms with van der Waals surface area (Å²) in [5.41, 5.74) is 7.18. The maximum Gasteiger partial charge on any atom is 0.339 e. The van der Waals surface area contributed by atoms with Crippen LogP contribution in [-0.2, 0) is 4.74 Å². The first-order valence-corrected chi connectivity index (χ1v) is 7.27. The zero-order valence-electron chi connectivity index (χ0n) is 11.2. The van der Waals surface area contributed by atoms with E-state index in [1.165, 1.54) is 0 Å². The molecule has 0 saturated carbocycles. The van der Waals surface area contributed by atoms with Gasteiger partial charge in [0, 0.05) is 16.3 Å². The van der Waals surface area contributed by atoms with Crippen LogP contribution in [0.2, 0.25) is 0 Å². The van der Waals surface area contributed by atoms with Crippen molar-refractivity contribution in [3.8, 4) is 0 Å². The third kappa shape index (κ3) is 3.95. The van der Waals surface area contributed by atoms with Crippen molar-refractivity contribution in [2.24, 2.45) is 5.92 Å². The van der Waals surface area contributed by atoms with E-state index in [2.05, 4.69) is 13.8 Å². The van der Waals surface area contributed by atoms with Crippen LogP contribution in [0.4, 0.5) is 5.69 Å². The molecule has 0 aliphatic rings. The van der Waals surface area contributed by atoms with E-state index >= 15 is 0 Å². The smallest absolute Gasteiger partial charge is 0.339 e. The molecule has 3 nitrogen and oxygen atoms in total. The normalized spacial score (nSPS) is 12.2. The van der Waals surface area contributed by atoms with Gasteiger partial charge in [0.15, 0.2) is 0 Å². The Labute approximate surface area is 113 Å². The highest BCUT2D eigenvalue weighted by molar-refractivity contribution is 7.99. The second kappa shape index (κ2) is 7.31. The van der Waals surface area contributed by atoms with E-state index in [-0.39, 0.29) is 5.97 Å². The van der Waals surface area contributed by atoms with Gasteiger partial charge in [-0.15, -0.1) is 11.8 Å². The van der Waals surface area contributed by atoms with Crippen LogP contribution in [0.3, 0.4) is 0 Å². The standard InChI is InChI=1S/C14H21NO2S/c1-4-10(3)9-18-13-11(14(16)17-5-2)7-6-8-12(13)15/h6-8,10H,4-5,9,15H2,1-3H3. The molecule has 1 unspecified atom stereocenters. The predicted molar refractivity (Wildman–Crippen MR) is 77.0 cm³/mol. The van der Waals surface area contributed by atoms with Crippen molar-refractivity contribution in [1.82, 2.24) is 0 Å². The average molecular weight is 267 g/mol. The molecule has 4 heteroatoms. The summed E-state index contributed by atoms with van der Waals surface area (Å²) in [6.07, 6.45) is 1.12. The van der Waals surface area contributed by atoms with Gasteiger partial charge in [-0.3, -0.25) is 0 Å². The third-order valence-corrected chi connectivity index (χ3v) is 4.23. The Kier molecular flexibility index (Phi) is 6.05. The molecule has 0 aromatic heterocycles. The van der Waals surface area contributed by atoms with E-state index in [0.29, 0.717) is 23.8 Å². The maximum atomic E-state index is 11.8. The molecule has 0 amide bonds.